The van der Waals surface area contributed by atoms with Crippen molar-refractivity contribution in [3.05, 3.63) is 63.3 Å². The molecule has 156 valence electrons. The summed E-state index contributed by atoms with van der Waals surface area (Å²) >= 11 is 0. The number of hydrogen-bond donors (Lipinski definition) is 2. The first-order chi connectivity index (χ1) is 14.4. The van der Waals surface area contributed by atoms with Crippen molar-refractivity contribution in [2.24, 2.45) is 0 Å². The minimum Gasteiger partial charge on any atom is -0.503 e. The zero-order valence-electron chi connectivity index (χ0n) is 16.2. The standard InChI is InChI=1S/C21H21FN4O4/c22-13-5-3-12(4-6-13)8-23-20(29)15-10-24-11-16-25-7-1-2-14(25)9-26(16)21(30)17(24)19(28)18(15)27/h3-6,10,14,16,28H,1-2,7-9,11H2,(H,23,29). The van der Waals surface area contributed by atoms with Crippen LogP contribution in [0.25, 0.3) is 0 Å². The lowest BCUT2D eigenvalue weighted by atomic mass is 10.1. The molecule has 1 aromatic carbocycles. The number of aromatic hydroxyl groups is 1. The summed E-state index contributed by atoms with van der Waals surface area (Å²) in [7, 11) is 0. The molecule has 2 saturated heterocycles. The van der Waals surface area contributed by atoms with Gasteiger partial charge in [0.2, 0.25) is 5.43 Å². The minimum absolute atomic E-state index is 0.0625. The zero-order valence-corrected chi connectivity index (χ0v) is 16.2. The van der Waals surface area contributed by atoms with Crippen LogP contribution in [0.5, 0.6) is 5.75 Å². The molecule has 0 aliphatic carbocycles. The number of nitrogens with zero attached hydrogens (tertiary/aromatic N) is 3. The third-order valence-electron chi connectivity index (χ3n) is 6.26. The molecule has 5 rings (SSSR count). The molecule has 0 bridgehead atoms. The first-order valence-corrected chi connectivity index (χ1v) is 10.00. The summed E-state index contributed by atoms with van der Waals surface area (Å²) in [6.07, 6.45) is 3.34. The highest BCUT2D eigenvalue weighted by molar-refractivity contribution is 5.99. The zero-order chi connectivity index (χ0) is 21.0. The number of halogens is 1. The lowest BCUT2D eigenvalue weighted by Crippen LogP contribution is -2.50. The van der Waals surface area contributed by atoms with Crippen LogP contribution in [0.3, 0.4) is 0 Å². The first kappa shape index (κ1) is 18.8. The van der Waals surface area contributed by atoms with E-state index in [4.69, 9.17) is 0 Å². The molecule has 2 amide bonds. The molecule has 30 heavy (non-hydrogen) atoms. The fraction of sp³-hybridized carbons (Fsp3) is 0.381. The molecule has 2 fully saturated rings. The van der Waals surface area contributed by atoms with Gasteiger partial charge >= 0.3 is 0 Å². The summed E-state index contributed by atoms with van der Waals surface area (Å²) in [5.74, 6) is -2.11. The van der Waals surface area contributed by atoms with Gasteiger partial charge in [0, 0.05) is 31.9 Å². The number of aromatic nitrogens is 1. The maximum atomic E-state index is 13.0. The number of nitrogens with one attached hydrogen (secondary N) is 1. The summed E-state index contributed by atoms with van der Waals surface area (Å²) in [6, 6.07) is 5.94. The summed E-state index contributed by atoms with van der Waals surface area (Å²) in [6.45, 7) is 2.00. The second-order valence-electron chi connectivity index (χ2n) is 8.00. The van der Waals surface area contributed by atoms with Crippen LogP contribution >= 0.6 is 0 Å². The number of hydrogen-bond acceptors (Lipinski definition) is 5. The van der Waals surface area contributed by atoms with Crippen molar-refractivity contribution in [2.45, 2.75) is 38.1 Å². The van der Waals surface area contributed by atoms with E-state index in [2.05, 4.69) is 10.2 Å². The molecular formula is C21H21FN4O4. The van der Waals surface area contributed by atoms with Gasteiger partial charge in [0.1, 0.15) is 17.5 Å². The van der Waals surface area contributed by atoms with Gasteiger partial charge < -0.3 is 19.9 Å². The molecule has 2 N–H and O–H groups in total. The lowest BCUT2D eigenvalue weighted by Gasteiger charge is -2.35. The molecule has 4 heterocycles. The minimum atomic E-state index is -0.871. The van der Waals surface area contributed by atoms with Crippen LogP contribution in [-0.4, -0.2) is 56.6 Å². The average Bonchev–Trinajstić information content (AvgIpc) is 3.32. The van der Waals surface area contributed by atoms with Crippen molar-refractivity contribution < 1.29 is 19.1 Å². The molecule has 0 saturated carbocycles. The van der Waals surface area contributed by atoms with Crippen molar-refractivity contribution in [3.63, 3.8) is 0 Å². The molecule has 1 aromatic heterocycles. The molecule has 9 heteroatoms. The first-order valence-electron chi connectivity index (χ1n) is 10.00. The third kappa shape index (κ3) is 2.88. The highest BCUT2D eigenvalue weighted by atomic mass is 19.1. The lowest BCUT2D eigenvalue weighted by molar-refractivity contribution is 0.0513. The maximum Gasteiger partial charge on any atom is 0.275 e. The number of amides is 2. The summed E-state index contributed by atoms with van der Waals surface area (Å²) < 4.78 is 14.5. The Balaban J connectivity index is 1.43. The number of carbonyl (C=O) groups excluding carboxylic acids is 2. The molecule has 2 atom stereocenters. The van der Waals surface area contributed by atoms with Crippen LogP contribution in [0.2, 0.25) is 0 Å². The smallest absolute Gasteiger partial charge is 0.275 e. The number of benzene rings is 1. The largest absolute Gasteiger partial charge is 0.503 e. The van der Waals surface area contributed by atoms with Crippen molar-refractivity contribution >= 4 is 11.8 Å². The van der Waals surface area contributed by atoms with E-state index in [-0.39, 0.29) is 35.7 Å². The van der Waals surface area contributed by atoms with Crippen LogP contribution in [0.15, 0.2) is 35.3 Å². The van der Waals surface area contributed by atoms with Crippen LogP contribution in [0.4, 0.5) is 4.39 Å². The maximum absolute atomic E-state index is 13.0. The van der Waals surface area contributed by atoms with Gasteiger partial charge in [-0.05, 0) is 30.5 Å². The second kappa shape index (κ2) is 6.94. The van der Waals surface area contributed by atoms with Crippen molar-refractivity contribution in [1.82, 2.24) is 19.7 Å². The summed E-state index contributed by atoms with van der Waals surface area (Å²) in [4.78, 5) is 42.2. The second-order valence-corrected chi connectivity index (χ2v) is 8.00. The third-order valence-corrected chi connectivity index (χ3v) is 6.26. The van der Waals surface area contributed by atoms with Crippen LogP contribution in [-0.2, 0) is 13.1 Å². The Morgan fingerprint density at radius 3 is 2.73 bits per heavy atom. The summed E-state index contributed by atoms with van der Waals surface area (Å²) in [5.41, 5.74) is -0.490. The monoisotopic (exact) mass is 412 g/mol. The Bertz CT molecular complexity index is 1100. The van der Waals surface area contributed by atoms with Gasteiger partial charge in [0.15, 0.2) is 11.4 Å². The van der Waals surface area contributed by atoms with E-state index in [1.807, 2.05) is 0 Å². The van der Waals surface area contributed by atoms with E-state index in [1.54, 1.807) is 4.90 Å². The summed E-state index contributed by atoms with van der Waals surface area (Å²) in [5, 5.41) is 13.1. The Labute approximate surface area is 171 Å². The van der Waals surface area contributed by atoms with Gasteiger partial charge in [-0.2, -0.15) is 0 Å². The van der Waals surface area contributed by atoms with E-state index in [9.17, 15) is 23.9 Å². The van der Waals surface area contributed by atoms with Crippen LogP contribution < -0.4 is 10.7 Å². The Morgan fingerprint density at radius 1 is 1.20 bits per heavy atom. The molecule has 3 aliphatic rings. The quantitative estimate of drug-likeness (QED) is 0.781. The molecule has 8 nitrogen and oxygen atoms in total. The fourth-order valence-corrected chi connectivity index (χ4v) is 4.77. The van der Waals surface area contributed by atoms with E-state index in [1.165, 1.54) is 35.0 Å². The molecule has 2 aromatic rings. The molecule has 0 radical (unpaired) electrons. The highest BCUT2D eigenvalue weighted by Crippen LogP contribution is 2.35. The van der Waals surface area contributed by atoms with Crippen LogP contribution in [0, 0.1) is 5.82 Å². The van der Waals surface area contributed by atoms with Gasteiger partial charge in [-0.1, -0.05) is 12.1 Å². The van der Waals surface area contributed by atoms with Crippen molar-refractivity contribution in [3.8, 4) is 5.75 Å². The normalized spacial score (nSPS) is 22.6. The highest BCUT2D eigenvalue weighted by Gasteiger charge is 2.48. The number of rotatable bonds is 3. The number of carbonyl (C=O) groups is 2. The Kier molecular flexibility index (Phi) is 4.35. The van der Waals surface area contributed by atoms with E-state index in [0.29, 0.717) is 24.7 Å². The number of pyridine rings is 1. The van der Waals surface area contributed by atoms with E-state index >= 15 is 0 Å². The SMILES string of the molecule is O=C(NCc1ccc(F)cc1)c1cn2c(c(O)c1=O)C(=O)N1CC3CCCN3C1C2. The van der Waals surface area contributed by atoms with Crippen molar-refractivity contribution in [2.75, 3.05) is 13.1 Å². The average molecular weight is 412 g/mol. The molecule has 3 aliphatic heterocycles. The van der Waals surface area contributed by atoms with Crippen LogP contribution in [0.1, 0.15) is 39.3 Å². The molecule has 0 spiro atoms. The fourth-order valence-electron chi connectivity index (χ4n) is 4.77. The topological polar surface area (TPSA) is 94.9 Å². The van der Waals surface area contributed by atoms with Gasteiger partial charge in [0.25, 0.3) is 11.8 Å². The van der Waals surface area contributed by atoms with Gasteiger partial charge in [0.05, 0.1) is 6.54 Å². The molecule has 2 unspecified atom stereocenters. The predicted molar refractivity (Wildman–Crippen MR) is 104 cm³/mol. The Morgan fingerprint density at radius 2 is 1.97 bits per heavy atom. The predicted octanol–water partition coefficient (Wildman–Crippen LogP) is 0.883. The van der Waals surface area contributed by atoms with Gasteiger partial charge in [-0.3, -0.25) is 19.3 Å². The van der Waals surface area contributed by atoms with Gasteiger partial charge in [-0.25, -0.2) is 4.39 Å². The Hall–Kier alpha value is -3.20. The van der Waals surface area contributed by atoms with Crippen molar-refractivity contribution in [1.29, 1.82) is 0 Å². The van der Waals surface area contributed by atoms with E-state index in [0.717, 1.165) is 19.4 Å². The van der Waals surface area contributed by atoms with E-state index < -0.39 is 17.1 Å². The number of fused-ring (bicyclic) bond motifs is 4. The van der Waals surface area contributed by atoms with Gasteiger partial charge in [-0.15, -0.1) is 0 Å². The molecular weight excluding hydrogens is 391 g/mol.